The molecule has 0 bridgehead atoms. The van der Waals surface area contributed by atoms with E-state index in [1.54, 1.807) is 0 Å². The number of ether oxygens (including phenoxy) is 2. The standard InChI is InChI=1S/C11H20O2/c1-4-12-7-9-5-10-11(3,13-10)6-8(9)2/h8-10H,4-7H2,1-3H3. The highest BCUT2D eigenvalue weighted by Crippen LogP contribution is 2.51. The van der Waals surface area contributed by atoms with Crippen LogP contribution in [0, 0.1) is 11.8 Å². The lowest BCUT2D eigenvalue weighted by molar-refractivity contribution is 0.0723. The molecule has 0 aromatic heterocycles. The molecular formula is C11H20O2. The molecule has 1 aliphatic heterocycles. The van der Waals surface area contributed by atoms with E-state index in [0.717, 1.165) is 25.0 Å². The molecule has 13 heavy (non-hydrogen) atoms. The molecule has 0 radical (unpaired) electrons. The quantitative estimate of drug-likeness (QED) is 0.627. The second-order valence-electron chi connectivity index (χ2n) is 4.76. The van der Waals surface area contributed by atoms with E-state index in [2.05, 4.69) is 20.8 Å². The number of fused-ring (bicyclic) bond motifs is 1. The van der Waals surface area contributed by atoms with Crippen LogP contribution in [0.15, 0.2) is 0 Å². The molecule has 4 atom stereocenters. The molecule has 2 heteroatoms. The van der Waals surface area contributed by atoms with Crippen LogP contribution in [0.2, 0.25) is 0 Å². The molecule has 2 fully saturated rings. The van der Waals surface area contributed by atoms with Crippen molar-refractivity contribution in [2.24, 2.45) is 11.8 Å². The van der Waals surface area contributed by atoms with Gasteiger partial charge in [0.2, 0.25) is 0 Å². The summed E-state index contributed by atoms with van der Waals surface area (Å²) in [4.78, 5) is 0. The Bertz CT molecular complexity index is 193. The largest absolute Gasteiger partial charge is 0.381 e. The molecule has 1 saturated heterocycles. The van der Waals surface area contributed by atoms with E-state index in [0.29, 0.717) is 6.10 Å². The number of epoxide rings is 1. The molecule has 1 saturated carbocycles. The minimum absolute atomic E-state index is 0.238. The van der Waals surface area contributed by atoms with Crippen molar-refractivity contribution in [1.29, 1.82) is 0 Å². The van der Waals surface area contributed by atoms with Crippen molar-refractivity contribution in [3.63, 3.8) is 0 Å². The van der Waals surface area contributed by atoms with Gasteiger partial charge < -0.3 is 9.47 Å². The highest BCUT2D eigenvalue weighted by atomic mass is 16.6. The van der Waals surface area contributed by atoms with Gasteiger partial charge in [-0.25, -0.2) is 0 Å². The van der Waals surface area contributed by atoms with Crippen LogP contribution in [0.4, 0.5) is 0 Å². The van der Waals surface area contributed by atoms with Gasteiger partial charge in [-0.3, -0.25) is 0 Å². The van der Waals surface area contributed by atoms with E-state index < -0.39 is 0 Å². The first kappa shape index (κ1) is 9.47. The molecule has 0 spiro atoms. The van der Waals surface area contributed by atoms with E-state index >= 15 is 0 Å². The first-order valence-corrected chi connectivity index (χ1v) is 5.41. The van der Waals surface area contributed by atoms with Crippen LogP contribution in [0.5, 0.6) is 0 Å². The van der Waals surface area contributed by atoms with Gasteiger partial charge in [-0.1, -0.05) is 6.92 Å². The second-order valence-corrected chi connectivity index (χ2v) is 4.76. The lowest BCUT2D eigenvalue weighted by Crippen LogP contribution is -2.31. The van der Waals surface area contributed by atoms with Crippen LogP contribution < -0.4 is 0 Å². The molecule has 0 aromatic carbocycles. The van der Waals surface area contributed by atoms with Crippen LogP contribution in [0.25, 0.3) is 0 Å². The first-order valence-electron chi connectivity index (χ1n) is 5.41. The minimum Gasteiger partial charge on any atom is -0.381 e. The van der Waals surface area contributed by atoms with Gasteiger partial charge in [0.25, 0.3) is 0 Å². The van der Waals surface area contributed by atoms with E-state index in [1.165, 1.54) is 12.8 Å². The summed E-state index contributed by atoms with van der Waals surface area (Å²) in [5.74, 6) is 1.48. The van der Waals surface area contributed by atoms with Gasteiger partial charge in [0, 0.05) is 13.2 Å². The van der Waals surface area contributed by atoms with E-state index in [9.17, 15) is 0 Å². The third-order valence-corrected chi connectivity index (χ3v) is 3.62. The van der Waals surface area contributed by atoms with Gasteiger partial charge in [-0.05, 0) is 38.5 Å². The summed E-state index contributed by atoms with van der Waals surface area (Å²) >= 11 is 0. The number of hydrogen-bond donors (Lipinski definition) is 0. The minimum atomic E-state index is 0.238. The molecule has 2 nitrogen and oxygen atoms in total. The Hall–Kier alpha value is -0.0800. The van der Waals surface area contributed by atoms with Gasteiger partial charge in [-0.15, -0.1) is 0 Å². The van der Waals surface area contributed by atoms with Crippen molar-refractivity contribution >= 4 is 0 Å². The predicted molar refractivity (Wildman–Crippen MR) is 51.7 cm³/mol. The zero-order valence-electron chi connectivity index (χ0n) is 8.88. The fraction of sp³-hybridized carbons (Fsp3) is 1.00. The second kappa shape index (κ2) is 3.25. The fourth-order valence-electron chi connectivity index (χ4n) is 2.58. The molecule has 2 aliphatic rings. The molecule has 2 rings (SSSR count). The highest BCUT2D eigenvalue weighted by molar-refractivity contribution is 5.05. The monoisotopic (exact) mass is 184 g/mol. The summed E-state index contributed by atoms with van der Waals surface area (Å²) in [6, 6.07) is 0. The molecule has 1 aliphatic carbocycles. The summed E-state index contributed by atoms with van der Waals surface area (Å²) in [5.41, 5.74) is 0.238. The Morgan fingerprint density at radius 2 is 2.31 bits per heavy atom. The van der Waals surface area contributed by atoms with Crippen LogP contribution in [0.3, 0.4) is 0 Å². The molecule has 76 valence electrons. The Morgan fingerprint density at radius 1 is 1.54 bits per heavy atom. The van der Waals surface area contributed by atoms with Crippen LogP contribution in [0.1, 0.15) is 33.6 Å². The molecule has 0 N–H and O–H groups in total. The Labute approximate surface area is 80.6 Å². The predicted octanol–water partition coefficient (Wildman–Crippen LogP) is 2.23. The van der Waals surface area contributed by atoms with Gasteiger partial charge in [0.05, 0.1) is 11.7 Å². The van der Waals surface area contributed by atoms with E-state index in [-0.39, 0.29) is 5.60 Å². The SMILES string of the molecule is CCOCC1CC2OC2(C)CC1C. The van der Waals surface area contributed by atoms with Crippen LogP contribution in [-0.2, 0) is 9.47 Å². The number of hydrogen-bond acceptors (Lipinski definition) is 2. The fourth-order valence-corrected chi connectivity index (χ4v) is 2.58. The maximum Gasteiger partial charge on any atom is 0.0923 e. The lowest BCUT2D eigenvalue weighted by atomic mass is 9.76. The summed E-state index contributed by atoms with van der Waals surface area (Å²) in [6.45, 7) is 8.39. The van der Waals surface area contributed by atoms with Crippen molar-refractivity contribution in [3.8, 4) is 0 Å². The topological polar surface area (TPSA) is 21.8 Å². The normalized spacial score (nSPS) is 48.7. The van der Waals surface area contributed by atoms with Crippen molar-refractivity contribution < 1.29 is 9.47 Å². The van der Waals surface area contributed by atoms with Gasteiger partial charge in [-0.2, -0.15) is 0 Å². The summed E-state index contributed by atoms with van der Waals surface area (Å²) in [6.07, 6.45) is 2.96. The molecular weight excluding hydrogens is 164 g/mol. The zero-order valence-corrected chi connectivity index (χ0v) is 8.88. The summed E-state index contributed by atoms with van der Waals surface area (Å²) in [7, 11) is 0. The van der Waals surface area contributed by atoms with Crippen molar-refractivity contribution in [1.82, 2.24) is 0 Å². The third kappa shape index (κ3) is 1.75. The third-order valence-electron chi connectivity index (χ3n) is 3.62. The van der Waals surface area contributed by atoms with Crippen molar-refractivity contribution in [3.05, 3.63) is 0 Å². The Balaban J connectivity index is 1.85. The molecule has 1 heterocycles. The van der Waals surface area contributed by atoms with Gasteiger partial charge >= 0.3 is 0 Å². The molecule has 0 amide bonds. The highest BCUT2D eigenvalue weighted by Gasteiger charge is 2.57. The Kier molecular flexibility index (Phi) is 2.37. The molecule has 4 unspecified atom stereocenters. The first-order chi connectivity index (χ1) is 6.15. The summed E-state index contributed by atoms with van der Waals surface area (Å²) in [5, 5.41) is 0. The molecule has 0 aromatic rings. The van der Waals surface area contributed by atoms with E-state index in [4.69, 9.17) is 9.47 Å². The van der Waals surface area contributed by atoms with Gasteiger partial charge in [0.15, 0.2) is 0 Å². The summed E-state index contributed by atoms with van der Waals surface area (Å²) < 4.78 is 11.2. The van der Waals surface area contributed by atoms with Crippen molar-refractivity contribution in [2.45, 2.75) is 45.3 Å². The van der Waals surface area contributed by atoms with E-state index in [1.807, 2.05) is 0 Å². The van der Waals surface area contributed by atoms with Crippen molar-refractivity contribution in [2.75, 3.05) is 13.2 Å². The van der Waals surface area contributed by atoms with Gasteiger partial charge in [0.1, 0.15) is 0 Å². The Morgan fingerprint density at radius 3 is 3.00 bits per heavy atom. The maximum atomic E-state index is 5.69. The lowest BCUT2D eigenvalue weighted by Gasteiger charge is -2.28. The van der Waals surface area contributed by atoms with Crippen LogP contribution >= 0.6 is 0 Å². The average Bonchev–Trinajstić information content (AvgIpc) is 2.71. The van der Waals surface area contributed by atoms with Crippen LogP contribution in [-0.4, -0.2) is 24.9 Å². The maximum absolute atomic E-state index is 5.69. The number of rotatable bonds is 3. The average molecular weight is 184 g/mol. The zero-order chi connectivity index (χ0) is 9.47. The smallest absolute Gasteiger partial charge is 0.0923 e.